The smallest absolute Gasteiger partial charge is 0.119 e. The zero-order valence-electron chi connectivity index (χ0n) is 11.2. The molecule has 1 unspecified atom stereocenters. The van der Waals surface area contributed by atoms with Crippen LogP contribution in [0.15, 0.2) is 39.5 Å². The van der Waals surface area contributed by atoms with E-state index in [0.29, 0.717) is 0 Å². The van der Waals surface area contributed by atoms with Gasteiger partial charge in [0, 0.05) is 4.47 Å². The number of rotatable bonds is 6. The summed E-state index contributed by atoms with van der Waals surface area (Å²) in [6.45, 7) is 3.17. The number of thiophene rings is 1. The fraction of sp³-hybridized carbons (Fsp3) is 0.333. The maximum absolute atomic E-state index is 5.34. The molecule has 0 aliphatic rings. The summed E-state index contributed by atoms with van der Waals surface area (Å²) in [6.07, 6.45) is 1.11. The Hall–Kier alpha value is -0.840. The van der Waals surface area contributed by atoms with Crippen molar-refractivity contribution in [1.82, 2.24) is 5.32 Å². The molecule has 102 valence electrons. The normalized spacial score (nSPS) is 12.4. The van der Waals surface area contributed by atoms with Gasteiger partial charge < -0.3 is 10.1 Å². The highest BCUT2D eigenvalue weighted by Crippen LogP contribution is 2.32. The number of halogens is 1. The molecule has 19 heavy (non-hydrogen) atoms. The van der Waals surface area contributed by atoms with E-state index in [4.69, 9.17) is 4.74 Å². The van der Waals surface area contributed by atoms with E-state index < -0.39 is 0 Å². The summed E-state index contributed by atoms with van der Waals surface area (Å²) in [5, 5.41) is 7.91. The average molecular weight is 340 g/mol. The molecule has 4 heteroatoms. The van der Waals surface area contributed by atoms with Crippen molar-refractivity contribution in [2.75, 3.05) is 13.7 Å². The molecule has 0 saturated carbocycles. The molecule has 0 aliphatic heterocycles. The predicted molar refractivity (Wildman–Crippen MR) is 85.1 cm³/mol. The SMILES string of the molecule is CCCNC(c1ccsc1)c1cc(OC)ccc1Br. The van der Waals surface area contributed by atoms with Gasteiger partial charge in [0.15, 0.2) is 0 Å². The monoisotopic (exact) mass is 339 g/mol. The van der Waals surface area contributed by atoms with Crippen LogP contribution in [0.5, 0.6) is 5.75 Å². The van der Waals surface area contributed by atoms with Crippen molar-refractivity contribution in [2.24, 2.45) is 0 Å². The molecule has 0 spiro atoms. The predicted octanol–water partition coefficient (Wildman–Crippen LogP) is 4.61. The van der Waals surface area contributed by atoms with Crippen LogP contribution in [-0.4, -0.2) is 13.7 Å². The lowest BCUT2D eigenvalue weighted by Crippen LogP contribution is -2.23. The Labute approximate surface area is 126 Å². The second kappa shape index (κ2) is 7.08. The van der Waals surface area contributed by atoms with E-state index >= 15 is 0 Å². The Kier molecular flexibility index (Phi) is 5.43. The molecule has 2 rings (SSSR count). The Morgan fingerprint density at radius 2 is 2.21 bits per heavy atom. The summed E-state index contributed by atoms with van der Waals surface area (Å²) in [6, 6.07) is 8.48. The molecule has 0 saturated heterocycles. The third-order valence-corrected chi connectivity index (χ3v) is 4.41. The standard InChI is InChI=1S/C15H18BrNOS/c1-3-7-17-15(11-6-8-19-10-11)13-9-12(18-2)4-5-14(13)16/h4-6,8-10,15,17H,3,7H2,1-2H3. The second-order valence-electron chi connectivity index (χ2n) is 4.33. The number of hydrogen-bond donors (Lipinski definition) is 1. The highest BCUT2D eigenvalue weighted by Gasteiger charge is 2.17. The minimum absolute atomic E-state index is 0.204. The fourth-order valence-corrected chi connectivity index (χ4v) is 3.17. The second-order valence-corrected chi connectivity index (χ2v) is 5.97. The summed E-state index contributed by atoms with van der Waals surface area (Å²) < 4.78 is 6.44. The van der Waals surface area contributed by atoms with Crippen LogP contribution in [0.2, 0.25) is 0 Å². The molecule has 0 fully saturated rings. The lowest BCUT2D eigenvalue weighted by molar-refractivity contribution is 0.413. The van der Waals surface area contributed by atoms with Crippen LogP contribution in [0.4, 0.5) is 0 Å². The maximum atomic E-state index is 5.34. The zero-order valence-corrected chi connectivity index (χ0v) is 13.6. The van der Waals surface area contributed by atoms with Crippen LogP contribution in [0.25, 0.3) is 0 Å². The number of hydrogen-bond acceptors (Lipinski definition) is 3. The van der Waals surface area contributed by atoms with Crippen molar-refractivity contribution >= 4 is 27.3 Å². The first-order valence-electron chi connectivity index (χ1n) is 6.35. The van der Waals surface area contributed by atoms with Crippen molar-refractivity contribution < 1.29 is 4.74 Å². The van der Waals surface area contributed by atoms with E-state index in [1.807, 2.05) is 12.1 Å². The minimum Gasteiger partial charge on any atom is -0.497 e. The fourth-order valence-electron chi connectivity index (χ4n) is 2.01. The molecule has 1 heterocycles. The third kappa shape index (κ3) is 3.59. The van der Waals surface area contributed by atoms with E-state index in [1.165, 1.54) is 11.1 Å². The van der Waals surface area contributed by atoms with Crippen LogP contribution >= 0.6 is 27.3 Å². The van der Waals surface area contributed by atoms with E-state index in [2.05, 4.69) is 51.1 Å². The minimum atomic E-state index is 0.204. The lowest BCUT2D eigenvalue weighted by Gasteiger charge is -2.20. The number of benzene rings is 1. The van der Waals surface area contributed by atoms with Gasteiger partial charge in [0.25, 0.3) is 0 Å². The van der Waals surface area contributed by atoms with E-state index in [0.717, 1.165) is 23.2 Å². The van der Waals surface area contributed by atoms with Crippen LogP contribution in [0.1, 0.15) is 30.5 Å². The Morgan fingerprint density at radius 1 is 1.37 bits per heavy atom. The zero-order chi connectivity index (χ0) is 13.7. The first-order chi connectivity index (χ1) is 9.26. The summed E-state index contributed by atoms with van der Waals surface area (Å²) in [5.74, 6) is 0.886. The summed E-state index contributed by atoms with van der Waals surface area (Å²) in [5.41, 5.74) is 2.51. The topological polar surface area (TPSA) is 21.3 Å². The van der Waals surface area contributed by atoms with Gasteiger partial charge in [-0.2, -0.15) is 11.3 Å². The van der Waals surface area contributed by atoms with Gasteiger partial charge in [-0.05, 0) is 59.1 Å². The highest BCUT2D eigenvalue weighted by molar-refractivity contribution is 9.10. The molecule has 0 bridgehead atoms. The van der Waals surface area contributed by atoms with Crippen LogP contribution in [0.3, 0.4) is 0 Å². The van der Waals surface area contributed by atoms with Crippen LogP contribution in [0, 0.1) is 0 Å². The number of nitrogens with one attached hydrogen (secondary N) is 1. The Balaban J connectivity index is 2.37. The van der Waals surface area contributed by atoms with Crippen LogP contribution < -0.4 is 10.1 Å². The third-order valence-electron chi connectivity index (χ3n) is 2.99. The molecular formula is C15H18BrNOS. The summed E-state index contributed by atoms with van der Waals surface area (Å²) in [4.78, 5) is 0. The van der Waals surface area contributed by atoms with Gasteiger partial charge in [-0.1, -0.05) is 22.9 Å². The first-order valence-corrected chi connectivity index (χ1v) is 8.08. The molecule has 0 amide bonds. The van der Waals surface area contributed by atoms with Gasteiger partial charge in [0.05, 0.1) is 13.2 Å². The first kappa shape index (κ1) is 14.6. The lowest BCUT2D eigenvalue weighted by atomic mass is 10.0. The van der Waals surface area contributed by atoms with Gasteiger partial charge in [-0.3, -0.25) is 0 Å². The number of ether oxygens (including phenoxy) is 1. The van der Waals surface area contributed by atoms with E-state index in [-0.39, 0.29) is 6.04 Å². The molecule has 2 nitrogen and oxygen atoms in total. The average Bonchev–Trinajstić information content (AvgIpc) is 2.95. The maximum Gasteiger partial charge on any atom is 0.119 e. The van der Waals surface area contributed by atoms with E-state index in [1.54, 1.807) is 18.4 Å². The molecule has 0 aliphatic carbocycles. The van der Waals surface area contributed by atoms with Crippen molar-refractivity contribution in [3.8, 4) is 5.75 Å². The van der Waals surface area contributed by atoms with Crippen molar-refractivity contribution in [1.29, 1.82) is 0 Å². The molecule has 0 radical (unpaired) electrons. The molecule has 1 aromatic heterocycles. The van der Waals surface area contributed by atoms with Crippen molar-refractivity contribution in [2.45, 2.75) is 19.4 Å². The summed E-state index contributed by atoms with van der Waals surface area (Å²) in [7, 11) is 1.70. The number of methoxy groups -OCH3 is 1. The van der Waals surface area contributed by atoms with Gasteiger partial charge >= 0.3 is 0 Å². The van der Waals surface area contributed by atoms with Gasteiger partial charge in [0.1, 0.15) is 5.75 Å². The molecular weight excluding hydrogens is 322 g/mol. The molecule has 1 N–H and O–H groups in total. The van der Waals surface area contributed by atoms with Gasteiger partial charge in [0.2, 0.25) is 0 Å². The summed E-state index contributed by atoms with van der Waals surface area (Å²) >= 11 is 5.37. The quantitative estimate of drug-likeness (QED) is 0.829. The molecule has 2 aromatic rings. The Morgan fingerprint density at radius 3 is 2.84 bits per heavy atom. The Bertz CT molecular complexity index is 513. The van der Waals surface area contributed by atoms with Crippen LogP contribution in [-0.2, 0) is 0 Å². The van der Waals surface area contributed by atoms with Gasteiger partial charge in [-0.25, -0.2) is 0 Å². The van der Waals surface area contributed by atoms with Crippen molar-refractivity contribution in [3.05, 3.63) is 50.6 Å². The van der Waals surface area contributed by atoms with Crippen molar-refractivity contribution in [3.63, 3.8) is 0 Å². The highest BCUT2D eigenvalue weighted by atomic mass is 79.9. The largest absolute Gasteiger partial charge is 0.497 e. The van der Waals surface area contributed by atoms with E-state index in [9.17, 15) is 0 Å². The molecule has 1 atom stereocenters. The van der Waals surface area contributed by atoms with Gasteiger partial charge in [-0.15, -0.1) is 0 Å². The molecule has 1 aromatic carbocycles.